The quantitative estimate of drug-likeness (QED) is 0.731. The van der Waals surface area contributed by atoms with Crippen LogP contribution in [0.5, 0.6) is 0 Å². The molecule has 2 rings (SSSR count). The fraction of sp³-hybridized carbons (Fsp3) is 0.200. The minimum Gasteiger partial charge on any atom is -0.465 e. The van der Waals surface area contributed by atoms with Crippen LogP contribution in [0, 0.1) is 0 Å². The van der Waals surface area contributed by atoms with Gasteiger partial charge in [0.15, 0.2) is 0 Å². The van der Waals surface area contributed by atoms with Crippen molar-refractivity contribution in [3.05, 3.63) is 36.3 Å². The Bertz CT molecular complexity index is 405. The largest absolute Gasteiger partial charge is 0.465 e. The molecule has 0 amide bonds. The highest BCUT2D eigenvalue weighted by Crippen LogP contribution is 2.25. The van der Waals surface area contributed by atoms with Crippen molar-refractivity contribution in [2.24, 2.45) is 0 Å². The molecule has 3 heteroatoms. The maximum absolute atomic E-state index is 9.37. The number of fused-ring (bicyclic) bond motifs is 1. The summed E-state index contributed by atoms with van der Waals surface area (Å²) in [4.78, 5) is 0. The molecule has 1 aromatic heterocycles. The van der Waals surface area contributed by atoms with Gasteiger partial charge in [0.25, 0.3) is 0 Å². The van der Waals surface area contributed by atoms with Crippen molar-refractivity contribution >= 4 is 10.8 Å². The Morgan fingerprint density at radius 2 is 2.08 bits per heavy atom. The number of furan rings is 1. The average Bonchev–Trinajstić information content (AvgIpc) is 2.60. The number of aliphatic hydroxyl groups excluding tert-OH is 2. The summed E-state index contributed by atoms with van der Waals surface area (Å²) in [6, 6.07) is 7.51. The van der Waals surface area contributed by atoms with E-state index in [4.69, 9.17) is 9.52 Å². The second-order valence-corrected chi connectivity index (χ2v) is 2.89. The Morgan fingerprint density at radius 1 is 1.31 bits per heavy atom. The third-order valence-corrected chi connectivity index (χ3v) is 2.01. The lowest BCUT2D eigenvalue weighted by Crippen LogP contribution is -2.00. The van der Waals surface area contributed by atoms with E-state index in [1.807, 2.05) is 24.3 Å². The van der Waals surface area contributed by atoms with Crippen LogP contribution in [0.1, 0.15) is 11.9 Å². The lowest BCUT2D eigenvalue weighted by Gasteiger charge is -2.02. The van der Waals surface area contributed by atoms with Crippen LogP contribution in [-0.4, -0.2) is 16.8 Å². The zero-order valence-electron chi connectivity index (χ0n) is 6.97. The number of hydrogen-bond acceptors (Lipinski definition) is 3. The van der Waals surface area contributed by atoms with Crippen LogP contribution in [0.25, 0.3) is 10.8 Å². The van der Waals surface area contributed by atoms with Gasteiger partial charge < -0.3 is 14.6 Å². The van der Waals surface area contributed by atoms with Gasteiger partial charge in [0.05, 0.1) is 12.9 Å². The molecule has 0 fully saturated rings. The van der Waals surface area contributed by atoms with Crippen LogP contribution >= 0.6 is 0 Å². The van der Waals surface area contributed by atoms with E-state index in [2.05, 4.69) is 0 Å². The average molecular weight is 178 g/mol. The zero-order valence-corrected chi connectivity index (χ0v) is 6.97. The van der Waals surface area contributed by atoms with Gasteiger partial charge in [-0.1, -0.05) is 24.3 Å². The molecule has 1 aromatic carbocycles. The van der Waals surface area contributed by atoms with E-state index < -0.39 is 6.10 Å². The molecule has 0 radical (unpaired) electrons. The third kappa shape index (κ3) is 1.32. The Morgan fingerprint density at radius 3 is 2.85 bits per heavy atom. The fourth-order valence-corrected chi connectivity index (χ4v) is 1.36. The number of hydrogen-bond donors (Lipinski definition) is 2. The van der Waals surface area contributed by atoms with Gasteiger partial charge in [-0.3, -0.25) is 0 Å². The molecule has 0 bridgehead atoms. The monoisotopic (exact) mass is 178 g/mol. The van der Waals surface area contributed by atoms with Gasteiger partial charge in [-0.05, 0) is 0 Å². The summed E-state index contributed by atoms with van der Waals surface area (Å²) >= 11 is 0. The topological polar surface area (TPSA) is 53.6 Å². The molecule has 0 unspecified atom stereocenters. The molecule has 0 aliphatic rings. The summed E-state index contributed by atoms with van der Waals surface area (Å²) in [5.74, 6) is 0.429. The second kappa shape index (κ2) is 3.20. The number of benzene rings is 1. The van der Waals surface area contributed by atoms with E-state index in [9.17, 15) is 5.11 Å². The number of rotatable bonds is 2. The molecule has 2 aromatic rings. The standard InChI is InChI=1S/C10H10O3/c11-5-9(12)10-8-4-2-1-3-7(8)6-13-10/h1-4,6,9,11-12H,5H2/t9-/m1/s1. The van der Waals surface area contributed by atoms with Gasteiger partial charge in [-0.25, -0.2) is 0 Å². The van der Waals surface area contributed by atoms with Gasteiger partial charge in [0, 0.05) is 10.8 Å². The summed E-state index contributed by atoms with van der Waals surface area (Å²) in [5, 5.41) is 19.9. The molecule has 3 nitrogen and oxygen atoms in total. The van der Waals surface area contributed by atoms with Crippen LogP contribution in [0.4, 0.5) is 0 Å². The molecule has 13 heavy (non-hydrogen) atoms. The normalized spacial score (nSPS) is 13.4. The molecule has 1 heterocycles. The molecule has 0 aliphatic carbocycles. The van der Waals surface area contributed by atoms with Crippen LogP contribution in [0.15, 0.2) is 34.9 Å². The first-order valence-corrected chi connectivity index (χ1v) is 4.08. The molecule has 68 valence electrons. The highest BCUT2D eigenvalue weighted by Gasteiger charge is 2.13. The van der Waals surface area contributed by atoms with Crippen molar-refractivity contribution in [2.45, 2.75) is 6.10 Å². The Labute approximate surface area is 75.2 Å². The summed E-state index contributed by atoms with van der Waals surface area (Å²) in [5.41, 5.74) is 0. The first-order chi connectivity index (χ1) is 6.33. The Kier molecular flexibility index (Phi) is 2.04. The molecule has 0 spiro atoms. The molecule has 0 saturated carbocycles. The summed E-state index contributed by atoms with van der Waals surface area (Å²) in [7, 11) is 0. The maximum Gasteiger partial charge on any atom is 0.142 e. The van der Waals surface area contributed by atoms with E-state index in [0.717, 1.165) is 10.8 Å². The van der Waals surface area contributed by atoms with E-state index >= 15 is 0 Å². The lowest BCUT2D eigenvalue weighted by atomic mass is 10.1. The van der Waals surface area contributed by atoms with Crippen LogP contribution in [0.2, 0.25) is 0 Å². The fourth-order valence-electron chi connectivity index (χ4n) is 1.36. The summed E-state index contributed by atoms with van der Waals surface area (Å²) in [6.07, 6.45) is 0.642. The third-order valence-electron chi connectivity index (χ3n) is 2.01. The summed E-state index contributed by atoms with van der Waals surface area (Å²) < 4.78 is 5.16. The Hall–Kier alpha value is -1.32. The summed E-state index contributed by atoms with van der Waals surface area (Å²) in [6.45, 7) is -0.322. The van der Waals surface area contributed by atoms with Gasteiger partial charge in [0.1, 0.15) is 11.9 Å². The maximum atomic E-state index is 9.37. The van der Waals surface area contributed by atoms with Crippen LogP contribution in [0.3, 0.4) is 0 Å². The van der Waals surface area contributed by atoms with Crippen LogP contribution < -0.4 is 0 Å². The highest BCUT2D eigenvalue weighted by atomic mass is 16.4. The van der Waals surface area contributed by atoms with E-state index in [-0.39, 0.29) is 6.61 Å². The number of aliphatic hydroxyl groups is 2. The molecule has 0 aliphatic heterocycles. The molecule has 1 atom stereocenters. The predicted molar refractivity (Wildman–Crippen MR) is 48.3 cm³/mol. The predicted octanol–water partition coefficient (Wildman–Crippen LogP) is 1.46. The van der Waals surface area contributed by atoms with E-state index in [1.54, 1.807) is 6.26 Å². The van der Waals surface area contributed by atoms with Gasteiger partial charge in [0.2, 0.25) is 0 Å². The zero-order chi connectivity index (χ0) is 9.26. The Balaban J connectivity index is 2.57. The lowest BCUT2D eigenvalue weighted by molar-refractivity contribution is 0.0790. The van der Waals surface area contributed by atoms with Crippen molar-refractivity contribution < 1.29 is 14.6 Å². The van der Waals surface area contributed by atoms with Crippen molar-refractivity contribution in [2.75, 3.05) is 6.61 Å². The SMILES string of the molecule is OC[C@@H](O)c1occ2ccccc12. The van der Waals surface area contributed by atoms with Crippen molar-refractivity contribution in [1.82, 2.24) is 0 Å². The van der Waals surface area contributed by atoms with Crippen molar-refractivity contribution in [1.29, 1.82) is 0 Å². The first kappa shape index (κ1) is 8.29. The first-order valence-electron chi connectivity index (χ1n) is 4.08. The van der Waals surface area contributed by atoms with Crippen molar-refractivity contribution in [3.63, 3.8) is 0 Å². The minimum absolute atomic E-state index is 0.322. The minimum atomic E-state index is -0.931. The smallest absolute Gasteiger partial charge is 0.142 e. The molecular formula is C10H10O3. The molecular weight excluding hydrogens is 168 g/mol. The van der Waals surface area contributed by atoms with Crippen LogP contribution in [-0.2, 0) is 0 Å². The highest BCUT2D eigenvalue weighted by molar-refractivity contribution is 5.84. The second-order valence-electron chi connectivity index (χ2n) is 2.89. The van der Waals surface area contributed by atoms with E-state index in [0.29, 0.717) is 5.76 Å². The van der Waals surface area contributed by atoms with Gasteiger partial charge in [-0.15, -0.1) is 0 Å². The molecule has 2 N–H and O–H groups in total. The van der Waals surface area contributed by atoms with Gasteiger partial charge in [-0.2, -0.15) is 0 Å². The van der Waals surface area contributed by atoms with Crippen molar-refractivity contribution in [3.8, 4) is 0 Å². The van der Waals surface area contributed by atoms with E-state index in [1.165, 1.54) is 0 Å². The van der Waals surface area contributed by atoms with Gasteiger partial charge >= 0.3 is 0 Å². The molecule has 0 saturated heterocycles.